The lowest BCUT2D eigenvalue weighted by atomic mass is 10.1. The maximum Gasteiger partial charge on any atom is 0.425 e. The zero-order valence-corrected chi connectivity index (χ0v) is 19.1. The van der Waals surface area contributed by atoms with Gasteiger partial charge in [-0.1, -0.05) is 66.2 Å². The summed E-state index contributed by atoms with van der Waals surface area (Å²) in [4.78, 5) is 16.4. The van der Waals surface area contributed by atoms with Gasteiger partial charge in [0.05, 0.1) is 11.4 Å². The van der Waals surface area contributed by atoms with Gasteiger partial charge in [0.25, 0.3) is 0 Å². The van der Waals surface area contributed by atoms with Gasteiger partial charge in [0.1, 0.15) is 0 Å². The van der Waals surface area contributed by atoms with E-state index in [2.05, 4.69) is 10.3 Å². The van der Waals surface area contributed by atoms with Crippen LogP contribution in [0.25, 0.3) is 0 Å². The van der Waals surface area contributed by atoms with Crippen LogP contribution in [-0.4, -0.2) is 17.4 Å². The van der Waals surface area contributed by atoms with E-state index in [-0.39, 0.29) is 10.7 Å². The van der Waals surface area contributed by atoms with Crippen molar-refractivity contribution in [1.82, 2.24) is 5.32 Å². The summed E-state index contributed by atoms with van der Waals surface area (Å²) < 4.78 is 43.8. The predicted octanol–water partition coefficient (Wildman–Crippen LogP) is 6.98. The number of aliphatic imine (C=N–C) groups is 1. The second-order valence-electron chi connectivity index (χ2n) is 7.89. The maximum absolute atomic E-state index is 14.6. The Kier molecular flexibility index (Phi) is 5.97. The normalized spacial score (nSPS) is 20.1. The molecule has 0 bridgehead atoms. The molecule has 1 aliphatic rings. The molecule has 1 aliphatic heterocycles. The van der Waals surface area contributed by atoms with Crippen LogP contribution in [0.1, 0.15) is 22.3 Å². The van der Waals surface area contributed by atoms with Crippen molar-refractivity contribution in [3.8, 4) is 0 Å². The van der Waals surface area contributed by atoms with Crippen LogP contribution in [0.3, 0.4) is 0 Å². The third kappa shape index (κ3) is 4.23. The van der Waals surface area contributed by atoms with Gasteiger partial charge in [0, 0.05) is 0 Å². The maximum atomic E-state index is 14.6. The Labute approximate surface area is 194 Å². The molecule has 0 aliphatic carbocycles. The van der Waals surface area contributed by atoms with Crippen LogP contribution in [0.2, 0.25) is 0 Å². The average Bonchev–Trinajstić information content (AvgIpc) is 2.76. The van der Waals surface area contributed by atoms with Crippen molar-refractivity contribution in [3.63, 3.8) is 0 Å². The van der Waals surface area contributed by atoms with Crippen LogP contribution in [0, 0.1) is 20.8 Å². The number of alkyl halides is 3. The number of amidine groups is 1. The van der Waals surface area contributed by atoms with Crippen LogP contribution in [0.4, 0.5) is 29.3 Å². The summed E-state index contributed by atoms with van der Waals surface area (Å²) in [7, 11) is 0. The van der Waals surface area contributed by atoms with E-state index in [1.54, 1.807) is 36.4 Å². The highest BCUT2D eigenvalue weighted by Crippen LogP contribution is 2.51. The number of hydrogen-bond donors (Lipinski definition) is 1. The minimum atomic E-state index is -4.78. The Hall–Kier alpha value is -3.26. The summed E-state index contributed by atoms with van der Waals surface area (Å²) in [5.41, 5.74) is 3.55. The number of anilines is 1. The molecule has 1 saturated heterocycles. The number of para-hydroxylation sites is 1. The fraction of sp³-hybridized carbons (Fsp3) is 0.200. The highest BCUT2D eigenvalue weighted by molar-refractivity contribution is 8.15. The Balaban J connectivity index is 1.95. The van der Waals surface area contributed by atoms with Crippen LogP contribution in [0.5, 0.6) is 0 Å². The topological polar surface area (TPSA) is 44.7 Å². The third-order valence-electron chi connectivity index (χ3n) is 5.36. The number of urea groups is 1. The monoisotopic (exact) mass is 469 g/mol. The van der Waals surface area contributed by atoms with Gasteiger partial charge in [0.15, 0.2) is 5.17 Å². The molecular weight excluding hydrogens is 447 g/mol. The number of carbonyl (C=O) groups is 1. The summed E-state index contributed by atoms with van der Waals surface area (Å²) in [6, 6.07) is 18.9. The summed E-state index contributed by atoms with van der Waals surface area (Å²) >= 11 is 0.481. The molecule has 0 aromatic heterocycles. The van der Waals surface area contributed by atoms with Crippen molar-refractivity contribution in [2.24, 2.45) is 4.99 Å². The number of benzene rings is 3. The smallest absolute Gasteiger partial charge is 0.311 e. The molecule has 1 N–H and O–H groups in total. The van der Waals surface area contributed by atoms with Crippen molar-refractivity contribution in [1.29, 1.82) is 0 Å². The van der Waals surface area contributed by atoms with Crippen molar-refractivity contribution in [2.75, 3.05) is 4.90 Å². The molecule has 0 radical (unpaired) electrons. The lowest BCUT2D eigenvalue weighted by Gasteiger charge is -2.43. The second-order valence-corrected chi connectivity index (χ2v) is 9.07. The second kappa shape index (κ2) is 8.59. The number of nitrogens with zero attached hydrogens (tertiary/aromatic N) is 2. The first-order valence-electron chi connectivity index (χ1n) is 10.3. The molecule has 4 nitrogen and oxygen atoms in total. The Morgan fingerprint density at radius 2 is 1.45 bits per heavy atom. The molecule has 1 heterocycles. The Bertz CT molecular complexity index is 1190. The molecule has 0 saturated carbocycles. The Morgan fingerprint density at radius 1 is 0.909 bits per heavy atom. The number of carbonyl (C=O) groups excluding carboxylic acids is 1. The molecule has 3 aromatic carbocycles. The number of thioether (sulfide) groups is 1. The first-order chi connectivity index (χ1) is 15.6. The van der Waals surface area contributed by atoms with Crippen molar-refractivity contribution in [2.45, 2.75) is 31.8 Å². The summed E-state index contributed by atoms with van der Waals surface area (Å²) in [6.45, 7) is 5.65. The van der Waals surface area contributed by atoms with E-state index >= 15 is 0 Å². The van der Waals surface area contributed by atoms with Gasteiger partial charge in [-0.05, 0) is 61.4 Å². The van der Waals surface area contributed by atoms with Gasteiger partial charge in [-0.25, -0.2) is 14.7 Å². The zero-order valence-electron chi connectivity index (χ0n) is 18.3. The van der Waals surface area contributed by atoms with Crippen LogP contribution < -0.4 is 10.2 Å². The SMILES string of the molecule is Cc1cc(C)c(N=C2S[C@@](c3ccccc3)(C(F)(F)F)NC(=O)N2c2ccccc2)c(C)c1. The number of aryl methyl sites for hydroxylation is 3. The van der Waals surface area contributed by atoms with Gasteiger partial charge >= 0.3 is 12.2 Å². The molecule has 0 spiro atoms. The lowest BCUT2D eigenvalue weighted by Crippen LogP contribution is -2.63. The molecule has 1 atom stereocenters. The number of nitrogens with one attached hydrogen (secondary N) is 1. The van der Waals surface area contributed by atoms with Gasteiger partial charge < -0.3 is 5.32 Å². The quantitative estimate of drug-likeness (QED) is 0.450. The summed E-state index contributed by atoms with van der Waals surface area (Å²) in [5, 5.41) is 2.18. The van der Waals surface area contributed by atoms with E-state index in [0.717, 1.165) is 16.7 Å². The molecule has 3 aromatic rings. The fourth-order valence-corrected chi connectivity index (χ4v) is 5.12. The molecule has 33 heavy (non-hydrogen) atoms. The van der Waals surface area contributed by atoms with Crippen molar-refractivity contribution < 1.29 is 18.0 Å². The first-order valence-corrected chi connectivity index (χ1v) is 11.1. The van der Waals surface area contributed by atoms with E-state index in [1.165, 1.54) is 29.2 Å². The molecule has 0 unspecified atom stereocenters. The molecule has 170 valence electrons. The van der Waals surface area contributed by atoms with E-state index in [0.29, 0.717) is 23.1 Å². The van der Waals surface area contributed by atoms with Gasteiger partial charge in [-0.2, -0.15) is 13.2 Å². The molecule has 4 rings (SSSR count). The van der Waals surface area contributed by atoms with E-state index in [1.807, 2.05) is 32.9 Å². The van der Waals surface area contributed by atoms with Crippen molar-refractivity contribution in [3.05, 3.63) is 95.1 Å². The molecular formula is C25H22F3N3OS. The van der Waals surface area contributed by atoms with Gasteiger partial charge in [0.2, 0.25) is 4.87 Å². The van der Waals surface area contributed by atoms with Crippen LogP contribution >= 0.6 is 11.8 Å². The average molecular weight is 470 g/mol. The minimum Gasteiger partial charge on any atom is -0.311 e. The van der Waals surface area contributed by atoms with Crippen LogP contribution in [0.15, 0.2) is 77.8 Å². The predicted molar refractivity (Wildman–Crippen MR) is 127 cm³/mol. The first kappa shape index (κ1) is 22.9. The highest BCUT2D eigenvalue weighted by Gasteiger charge is 2.62. The van der Waals surface area contributed by atoms with Crippen LogP contribution in [-0.2, 0) is 4.87 Å². The molecule has 1 fully saturated rings. The van der Waals surface area contributed by atoms with Crippen molar-refractivity contribution >= 4 is 34.3 Å². The number of rotatable bonds is 3. The number of halogens is 3. The molecule has 2 amide bonds. The van der Waals surface area contributed by atoms with Gasteiger partial charge in [-0.3, -0.25) is 0 Å². The number of hydrogen-bond acceptors (Lipinski definition) is 3. The van der Waals surface area contributed by atoms with Gasteiger partial charge in [-0.15, -0.1) is 0 Å². The third-order valence-corrected chi connectivity index (χ3v) is 6.69. The standard InChI is InChI=1S/C25H22F3N3OS/c1-16-14-17(2)21(18(3)15-16)29-23-31(20-12-8-5-9-13-20)22(32)30-24(33-23,25(26,27)28)19-10-6-4-7-11-19/h4-15H,1-3H3,(H,30,32)/t24-/m0/s1. The zero-order chi connectivity index (χ0) is 23.8. The summed E-state index contributed by atoms with van der Waals surface area (Å²) in [5.74, 6) is 0. The Morgan fingerprint density at radius 3 is 2.00 bits per heavy atom. The fourth-order valence-electron chi connectivity index (χ4n) is 3.92. The minimum absolute atomic E-state index is 0.0545. The highest BCUT2D eigenvalue weighted by atomic mass is 32.2. The van der Waals surface area contributed by atoms with E-state index in [9.17, 15) is 18.0 Å². The largest absolute Gasteiger partial charge is 0.425 e. The number of amides is 2. The molecule has 8 heteroatoms. The van der Waals surface area contributed by atoms with E-state index in [4.69, 9.17) is 0 Å². The van der Waals surface area contributed by atoms with E-state index < -0.39 is 17.1 Å². The lowest BCUT2D eigenvalue weighted by molar-refractivity contribution is -0.167. The summed E-state index contributed by atoms with van der Waals surface area (Å²) in [6.07, 6.45) is -4.78.